The minimum atomic E-state index is -1.60. The molecule has 0 radical (unpaired) electrons. The number of benzene rings is 1. The van der Waals surface area contributed by atoms with Crippen molar-refractivity contribution in [2.45, 2.75) is 27.7 Å². The van der Waals surface area contributed by atoms with Gasteiger partial charge < -0.3 is 5.32 Å². The van der Waals surface area contributed by atoms with Crippen LogP contribution in [0, 0.1) is 40.0 Å². The molecule has 1 aliphatic rings. The fourth-order valence-electron chi connectivity index (χ4n) is 2.73. The molecule has 0 aromatic heterocycles. The van der Waals surface area contributed by atoms with E-state index in [2.05, 4.69) is 0 Å². The topological polar surface area (TPSA) is 29.1 Å². The van der Waals surface area contributed by atoms with Crippen molar-refractivity contribution >= 4 is 11.6 Å². The highest BCUT2D eigenvalue weighted by Gasteiger charge is 2.68. The van der Waals surface area contributed by atoms with Crippen LogP contribution in [0.4, 0.5) is 23.2 Å². The van der Waals surface area contributed by atoms with Crippen LogP contribution in [0.25, 0.3) is 0 Å². The maximum Gasteiger partial charge on any atom is 0.228 e. The fourth-order valence-corrected chi connectivity index (χ4v) is 2.73. The van der Waals surface area contributed by atoms with Crippen LogP contribution in [0.2, 0.25) is 0 Å². The van der Waals surface area contributed by atoms with E-state index in [9.17, 15) is 22.4 Å². The third-order valence-electron chi connectivity index (χ3n) is 4.64. The molecule has 0 aliphatic heterocycles. The minimum Gasteiger partial charge on any atom is -0.321 e. The zero-order valence-corrected chi connectivity index (χ0v) is 11.6. The zero-order valence-electron chi connectivity index (χ0n) is 11.6. The highest BCUT2D eigenvalue weighted by molar-refractivity contribution is 5.96. The number of amides is 1. The number of anilines is 1. The van der Waals surface area contributed by atoms with Gasteiger partial charge in [0.25, 0.3) is 0 Å². The Hall–Kier alpha value is -1.59. The van der Waals surface area contributed by atoms with Crippen molar-refractivity contribution in [1.29, 1.82) is 0 Å². The first-order valence-corrected chi connectivity index (χ1v) is 6.15. The quantitative estimate of drug-likeness (QED) is 0.650. The summed E-state index contributed by atoms with van der Waals surface area (Å²) in [5, 5.41) is 1.96. The van der Waals surface area contributed by atoms with Crippen LogP contribution in [0.3, 0.4) is 0 Å². The molecule has 0 unspecified atom stereocenters. The third kappa shape index (κ3) is 1.89. The molecule has 1 amide bonds. The van der Waals surface area contributed by atoms with Gasteiger partial charge in [-0.05, 0) is 10.8 Å². The summed E-state index contributed by atoms with van der Waals surface area (Å²) < 4.78 is 53.1. The Labute approximate surface area is 114 Å². The molecule has 2 nitrogen and oxygen atoms in total. The summed E-state index contributed by atoms with van der Waals surface area (Å²) >= 11 is 0. The fraction of sp³-hybridized carbons (Fsp3) is 0.500. The summed E-state index contributed by atoms with van der Waals surface area (Å²) in [7, 11) is 0. The van der Waals surface area contributed by atoms with Crippen LogP contribution in [-0.4, -0.2) is 5.91 Å². The zero-order chi connectivity index (χ0) is 15.5. The molecule has 0 bridgehead atoms. The molecule has 2 rings (SSSR count). The van der Waals surface area contributed by atoms with E-state index in [-0.39, 0.29) is 16.9 Å². The van der Waals surface area contributed by atoms with Gasteiger partial charge in [0, 0.05) is 12.0 Å². The normalized spacial score (nSPS) is 19.8. The van der Waals surface area contributed by atoms with Gasteiger partial charge in [0.1, 0.15) is 5.69 Å². The van der Waals surface area contributed by atoms with Gasteiger partial charge in [-0.15, -0.1) is 0 Å². The lowest BCUT2D eigenvalue weighted by atomic mass is 10.0. The number of rotatable bonds is 2. The number of nitrogens with one attached hydrogen (secondary N) is 1. The number of carbonyl (C=O) groups excluding carboxylic acids is 1. The summed E-state index contributed by atoms with van der Waals surface area (Å²) in [5.41, 5.74) is -1.78. The lowest BCUT2D eigenvalue weighted by molar-refractivity contribution is -0.118. The predicted octanol–water partition coefficient (Wildman–Crippen LogP) is 3.86. The molecule has 1 aromatic rings. The van der Waals surface area contributed by atoms with E-state index in [0.717, 1.165) is 0 Å². The van der Waals surface area contributed by atoms with Gasteiger partial charge in [-0.1, -0.05) is 27.7 Å². The van der Waals surface area contributed by atoms with E-state index < -0.39 is 40.8 Å². The first kappa shape index (κ1) is 14.8. The molecule has 1 N–H and O–H groups in total. The highest BCUT2D eigenvalue weighted by atomic mass is 19.2. The lowest BCUT2D eigenvalue weighted by Crippen LogP contribution is -2.20. The number of hydrogen-bond acceptors (Lipinski definition) is 1. The van der Waals surface area contributed by atoms with E-state index in [1.165, 1.54) is 0 Å². The van der Waals surface area contributed by atoms with Gasteiger partial charge in [0.05, 0.1) is 0 Å². The van der Waals surface area contributed by atoms with Crippen LogP contribution >= 0.6 is 0 Å². The number of halogens is 4. The molecule has 6 heteroatoms. The Bertz CT molecular complexity index is 555. The van der Waals surface area contributed by atoms with Crippen molar-refractivity contribution in [2.24, 2.45) is 16.7 Å². The molecule has 110 valence electrons. The maximum atomic E-state index is 13.5. The predicted molar refractivity (Wildman–Crippen MR) is 66.0 cm³/mol. The maximum absolute atomic E-state index is 13.5. The average molecular weight is 289 g/mol. The summed E-state index contributed by atoms with van der Waals surface area (Å²) in [6.45, 7) is 7.37. The van der Waals surface area contributed by atoms with Crippen LogP contribution in [-0.2, 0) is 4.79 Å². The van der Waals surface area contributed by atoms with Crippen molar-refractivity contribution < 1.29 is 22.4 Å². The second-order valence-corrected chi connectivity index (χ2v) is 6.21. The highest BCUT2D eigenvalue weighted by Crippen LogP contribution is 2.68. The molecular formula is C14H15F4NO. The van der Waals surface area contributed by atoms with Crippen molar-refractivity contribution in [3.63, 3.8) is 0 Å². The molecule has 0 spiro atoms. The van der Waals surface area contributed by atoms with Gasteiger partial charge in [0.2, 0.25) is 5.91 Å². The Morgan fingerprint density at radius 2 is 1.40 bits per heavy atom. The number of carbonyl (C=O) groups is 1. The molecule has 1 aliphatic carbocycles. The van der Waals surface area contributed by atoms with Crippen molar-refractivity contribution in [1.82, 2.24) is 0 Å². The van der Waals surface area contributed by atoms with Crippen LogP contribution in [0.15, 0.2) is 6.07 Å². The first-order valence-electron chi connectivity index (χ1n) is 6.15. The molecular weight excluding hydrogens is 274 g/mol. The van der Waals surface area contributed by atoms with Gasteiger partial charge in [-0.25, -0.2) is 17.6 Å². The molecule has 0 heterocycles. The van der Waals surface area contributed by atoms with E-state index in [4.69, 9.17) is 0 Å². The molecule has 1 saturated carbocycles. The van der Waals surface area contributed by atoms with Crippen molar-refractivity contribution in [3.05, 3.63) is 29.3 Å². The Morgan fingerprint density at radius 3 is 1.75 bits per heavy atom. The SMILES string of the molecule is CC1(C)C(C(=O)Nc2c(F)c(F)cc(F)c2F)C1(C)C. The van der Waals surface area contributed by atoms with E-state index in [1.807, 2.05) is 33.0 Å². The first-order chi connectivity index (χ1) is 9.01. The second kappa shape index (κ2) is 4.20. The van der Waals surface area contributed by atoms with Gasteiger partial charge in [-0.2, -0.15) is 0 Å². The Morgan fingerprint density at radius 1 is 1.00 bits per heavy atom. The molecule has 20 heavy (non-hydrogen) atoms. The molecule has 1 aromatic carbocycles. The van der Waals surface area contributed by atoms with Gasteiger partial charge >= 0.3 is 0 Å². The van der Waals surface area contributed by atoms with Gasteiger partial charge in [0.15, 0.2) is 23.3 Å². The van der Waals surface area contributed by atoms with Crippen molar-refractivity contribution in [3.8, 4) is 0 Å². The molecule has 0 saturated heterocycles. The largest absolute Gasteiger partial charge is 0.321 e. The van der Waals surface area contributed by atoms with Crippen LogP contribution in [0.5, 0.6) is 0 Å². The Balaban J connectivity index is 2.31. The molecule has 0 atom stereocenters. The van der Waals surface area contributed by atoms with E-state index in [0.29, 0.717) is 0 Å². The summed E-state index contributed by atoms with van der Waals surface area (Å²) in [4.78, 5) is 12.0. The third-order valence-corrected chi connectivity index (χ3v) is 4.64. The average Bonchev–Trinajstić information content (AvgIpc) is 2.72. The Kier molecular flexibility index (Phi) is 3.11. The minimum absolute atomic E-state index is 0.103. The van der Waals surface area contributed by atoms with Gasteiger partial charge in [-0.3, -0.25) is 4.79 Å². The lowest BCUT2D eigenvalue weighted by Gasteiger charge is -2.09. The van der Waals surface area contributed by atoms with Crippen LogP contribution in [0.1, 0.15) is 27.7 Å². The summed E-state index contributed by atoms with van der Waals surface area (Å²) in [6.07, 6.45) is 0. The second-order valence-electron chi connectivity index (χ2n) is 6.21. The summed E-state index contributed by atoms with van der Waals surface area (Å²) in [6, 6.07) is 0.103. The summed E-state index contributed by atoms with van der Waals surface area (Å²) in [5.74, 6) is -7.44. The molecule has 1 fully saturated rings. The van der Waals surface area contributed by atoms with E-state index in [1.54, 1.807) is 0 Å². The monoisotopic (exact) mass is 289 g/mol. The van der Waals surface area contributed by atoms with Crippen molar-refractivity contribution in [2.75, 3.05) is 5.32 Å². The number of hydrogen-bond donors (Lipinski definition) is 1. The standard InChI is InChI=1S/C14H15F4NO/c1-13(2)11(14(13,3)4)12(20)19-10-8(17)6(15)5-7(16)9(10)18/h5,11H,1-4H3,(H,19,20). The smallest absolute Gasteiger partial charge is 0.228 e. The van der Waals surface area contributed by atoms with E-state index >= 15 is 0 Å². The van der Waals surface area contributed by atoms with Crippen LogP contribution < -0.4 is 5.32 Å².